The van der Waals surface area contributed by atoms with Crippen molar-refractivity contribution in [1.29, 1.82) is 0 Å². The summed E-state index contributed by atoms with van der Waals surface area (Å²) in [4.78, 5) is 14.3. The summed E-state index contributed by atoms with van der Waals surface area (Å²) < 4.78 is 0. The zero-order chi connectivity index (χ0) is 15.4. The van der Waals surface area contributed by atoms with Gasteiger partial charge in [-0.2, -0.15) is 0 Å². The fourth-order valence-electron chi connectivity index (χ4n) is 3.03. The van der Waals surface area contributed by atoms with Gasteiger partial charge in [0.15, 0.2) is 0 Å². The molecule has 0 saturated carbocycles. The first-order valence-electron chi connectivity index (χ1n) is 7.95. The van der Waals surface area contributed by atoms with Crippen LogP contribution in [0, 0.1) is 11.8 Å². The Labute approximate surface area is 127 Å². The Morgan fingerprint density at radius 2 is 2.05 bits per heavy atom. The van der Waals surface area contributed by atoms with Gasteiger partial charge in [-0.3, -0.25) is 4.79 Å². The molecular formula is C17H27N3O. The third-order valence-electron chi connectivity index (χ3n) is 4.45. The maximum Gasteiger partial charge on any atom is 0.251 e. The van der Waals surface area contributed by atoms with Crippen LogP contribution in [0.3, 0.4) is 0 Å². The number of hydrogen-bond donors (Lipinski definition) is 2. The molecule has 0 radical (unpaired) electrons. The summed E-state index contributed by atoms with van der Waals surface area (Å²) in [6.45, 7) is 9.19. The van der Waals surface area contributed by atoms with E-state index in [1.54, 1.807) is 6.07 Å². The minimum absolute atomic E-state index is 0.0317. The Balaban J connectivity index is 2.13. The number of nitrogens with zero attached hydrogens (tertiary/aromatic N) is 1. The van der Waals surface area contributed by atoms with Crippen LogP contribution < -0.4 is 16.0 Å². The summed E-state index contributed by atoms with van der Waals surface area (Å²) in [5.41, 5.74) is 8.56. The summed E-state index contributed by atoms with van der Waals surface area (Å²) in [5, 5.41) is 2.84. The van der Waals surface area contributed by atoms with Crippen molar-refractivity contribution in [2.45, 2.75) is 33.6 Å². The number of hydrogen-bond acceptors (Lipinski definition) is 3. The van der Waals surface area contributed by atoms with Crippen LogP contribution in [0.25, 0.3) is 0 Å². The van der Waals surface area contributed by atoms with E-state index in [2.05, 4.69) is 24.1 Å². The Bertz CT molecular complexity index is 491. The molecule has 2 rings (SSSR count). The quantitative estimate of drug-likeness (QED) is 0.838. The van der Waals surface area contributed by atoms with Gasteiger partial charge in [-0.15, -0.1) is 0 Å². The molecule has 1 aromatic rings. The number of anilines is 2. The maximum atomic E-state index is 12.0. The minimum Gasteiger partial charge on any atom is -0.397 e. The van der Waals surface area contributed by atoms with Gasteiger partial charge in [0, 0.05) is 25.2 Å². The molecule has 0 aromatic heterocycles. The first kappa shape index (κ1) is 15.7. The average Bonchev–Trinajstić information content (AvgIpc) is 2.48. The van der Waals surface area contributed by atoms with Crippen molar-refractivity contribution in [3.63, 3.8) is 0 Å². The molecule has 1 aromatic carbocycles. The fraction of sp³-hybridized carbons (Fsp3) is 0.588. The highest BCUT2D eigenvalue weighted by Gasteiger charge is 2.23. The number of carbonyl (C=O) groups excluding carboxylic acids is 1. The van der Waals surface area contributed by atoms with Crippen molar-refractivity contribution in [2.24, 2.45) is 11.8 Å². The van der Waals surface area contributed by atoms with E-state index < -0.39 is 0 Å². The predicted octanol–water partition coefficient (Wildman–Crippen LogP) is 2.89. The molecule has 0 aliphatic carbocycles. The summed E-state index contributed by atoms with van der Waals surface area (Å²) in [6.07, 6.45) is 2.39. The molecule has 4 heteroatoms. The van der Waals surface area contributed by atoms with Gasteiger partial charge < -0.3 is 16.0 Å². The number of piperidine rings is 1. The van der Waals surface area contributed by atoms with Crippen LogP contribution in [0.2, 0.25) is 0 Å². The summed E-state index contributed by atoms with van der Waals surface area (Å²) >= 11 is 0. The van der Waals surface area contributed by atoms with Crippen molar-refractivity contribution in [3.05, 3.63) is 23.8 Å². The van der Waals surface area contributed by atoms with Crippen LogP contribution in [0.1, 0.15) is 44.0 Å². The Kier molecular flexibility index (Phi) is 5.10. The van der Waals surface area contributed by atoms with E-state index in [1.807, 2.05) is 19.1 Å². The third-order valence-corrected chi connectivity index (χ3v) is 4.45. The maximum absolute atomic E-state index is 12.0. The zero-order valence-electron chi connectivity index (χ0n) is 13.4. The van der Waals surface area contributed by atoms with Crippen molar-refractivity contribution in [1.82, 2.24) is 5.32 Å². The molecule has 1 aliphatic heterocycles. The molecule has 0 unspecified atom stereocenters. The van der Waals surface area contributed by atoms with E-state index in [-0.39, 0.29) is 5.91 Å². The lowest BCUT2D eigenvalue weighted by atomic mass is 9.86. The van der Waals surface area contributed by atoms with Crippen LogP contribution in [-0.2, 0) is 0 Å². The van der Waals surface area contributed by atoms with Gasteiger partial charge >= 0.3 is 0 Å². The van der Waals surface area contributed by atoms with Crippen molar-refractivity contribution >= 4 is 17.3 Å². The van der Waals surface area contributed by atoms with Crippen molar-refractivity contribution < 1.29 is 4.79 Å². The average molecular weight is 289 g/mol. The van der Waals surface area contributed by atoms with Gasteiger partial charge in [-0.05, 0) is 49.8 Å². The Morgan fingerprint density at radius 1 is 1.38 bits per heavy atom. The van der Waals surface area contributed by atoms with E-state index in [0.29, 0.717) is 12.1 Å². The van der Waals surface area contributed by atoms with Gasteiger partial charge in [-0.25, -0.2) is 0 Å². The molecular weight excluding hydrogens is 262 g/mol. The van der Waals surface area contributed by atoms with Gasteiger partial charge in [0.1, 0.15) is 0 Å². The molecule has 116 valence electrons. The molecule has 21 heavy (non-hydrogen) atoms. The van der Waals surface area contributed by atoms with Gasteiger partial charge in [0.2, 0.25) is 0 Å². The van der Waals surface area contributed by atoms with E-state index >= 15 is 0 Å². The van der Waals surface area contributed by atoms with E-state index in [9.17, 15) is 4.79 Å². The highest BCUT2D eigenvalue weighted by molar-refractivity contribution is 5.96. The number of nitrogen functional groups attached to an aromatic ring is 1. The highest BCUT2D eigenvalue weighted by atomic mass is 16.1. The highest BCUT2D eigenvalue weighted by Crippen LogP contribution is 2.31. The van der Waals surface area contributed by atoms with E-state index in [0.717, 1.165) is 36.3 Å². The molecule has 0 bridgehead atoms. The first-order chi connectivity index (χ1) is 10.0. The summed E-state index contributed by atoms with van der Waals surface area (Å²) in [6, 6.07) is 5.56. The lowest BCUT2D eigenvalue weighted by Gasteiger charge is -2.36. The van der Waals surface area contributed by atoms with Crippen LogP contribution in [0.4, 0.5) is 11.4 Å². The number of nitrogens with one attached hydrogen (secondary N) is 1. The zero-order valence-corrected chi connectivity index (χ0v) is 13.4. The molecule has 1 heterocycles. The monoisotopic (exact) mass is 289 g/mol. The second-order valence-electron chi connectivity index (χ2n) is 6.20. The number of amides is 1. The molecule has 1 aliphatic rings. The third kappa shape index (κ3) is 3.69. The predicted molar refractivity (Wildman–Crippen MR) is 88.6 cm³/mol. The van der Waals surface area contributed by atoms with E-state index in [4.69, 9.17) is 5.73 Å². The topological polar surface area (TPSA) is 58.4 Å². The van der Waals surface area contributed by atoms with Crippen molar-refractivity contribution in [3.8, 4) is 0 Å². The fourth-order valence-corrected chi connectivity index (χ4v) is 3.03. The second kappa shape index (κ2) is 6.83. The van der Waals surface area contributed by atoms with E-state index in [1.165, 1.54) is 12.8 Å². The molecule has 0 spiro atoms. The van der Waals surface area contributed by atoms with Gasteiger partial charge in [-0.1, -0.05) is 13.8 Å². The lowest BCUT2D eigenvalue weighted by molar-refractivity contribution is 0.0956. The first-order valence-corrected chi connectivity index (χ1v) is 7.95. The Hall–Kier alpha value is -1.71. The normalized spacial score (nSPS) is 16.3. The molecule has 1 saturated heterocycles. The van der Waals surface area contributed by atoms with Crippen LogP contribution in [-0.4, -0.2) is 25.5 Å². The standard InChI is InChI=1S/C17H27N3O/c1-4-19-17(21)14-5-6-15(18)16(11-14)20-9-7-13(8-10-20)12(2)3/h5-6,11-13H,4,7-10,18H2,1-3H3,(H,19,21). The SMILES string of the molecule is CCNC(=O)c1ccc(N)c(N2CCC(C(C)C)CC2)c1. The van der Waals surface area contributed by atoms with Gasteiger partial charge in [0.25, 0.3) is 5.91 Å². The number of benzene rings is 1. The molecule has 3 N–H and O–H groups in total. The Morgan fingerprint density at radius 3 is 2.62 bits per heavy atom. The largest absolute Gasteiger partial charge is 0.397 e. The van der Waals surface area contributed by atoms with Crippen LogP contribution in [0.5, 0.6) is 0 Å². The lowest BCUT2D eigenvalue weighted by Crippen LogP contribution is -2.35. The number of nitrogens with two attached hydrogens (primary N) is 1. The molecule has 4 nitrogen and oxygen atoms in total. The summed E-state index contributed by atoms with van der Waals surface area (Å²) in [5.74, 6) is 1.51. The van der Waals surface area contributed by atoms with Crippen LogP contribution in [0.15, 0.2) is 18.2 Å². The molecule has 1 amide bonds. The molecule has 1 fully saturated rings. The van der Waals surface area contributed by atoms with Crippen molar-refractivity contribution in [2.75, 3.05) is 30.3 Å². The smallest absolute Gasteiger partial charge is 0.251 e. The second-order valence-corrected chi connectivity index (χ2v) is 6.20. The van der Waals surface area contributed by atoms with Crippen LogP contribution >= 0.6 is 0 Å². The number of rotatable bonds is 4. The van der Waals surface area contributed by atoms with Gasteiger partial charge in [0.05, 0.1) is 11.4 Å². The number of carbonyl (C=O) groups is 1. The molecule has 0 atom stereocenters. The summed E-state index contributed by atoms with van der Waals surface area (Å²) in [7, 11) is 0. The minimum atomic E-state index is -0.0317.